The van der Waals surface area contributed by atoms with Crippen molar-refractivity contribution in [2.24, 2.45) is 5.92 Å². The summed E-state index contributed by atoms with van der Waals surface area (Å²) in [6, 6.07) is 6.22. The molecule has 2 rings (SSSR count). The van der Waals surface area contributed by atoms with Crippen molar-refractivity contribution in [1.82, 2.24) is 10.6 Å². The predicted molar refractivity (Wildman–Crippen MR) is 75.9 cm³/mol. The third kappa shape index (κ3) is 3.76. The maximum atomic E-state index is 9.65. The van der Waals surface area contributed by atoms with Crippen LogP contribution in [0.1, 0.15) is 5.56 Å². The molecular formula is C12H16Br2N2O. The van der Waals surface area contributed by atoms with Gasteiger partial charge in [-0.25, -0.2) is 0 Å². The van der Waals surface area contributed by atoms with E-state index in [1.807, 2.05) is 6.07 Å². The molecule has 2 unspecified atom stereocenters. The van der Waals surface area contributed by atoms with Crippen LogP contribution in [0.4, 0.5) is 0 Å². The smallest absolute Gasteiger partial charge is 0.0716 e. The van der Waals surface area contributed by atoms with Gasteiger partial charge < -0.3 is 15.7 Å². The first-order valence-corrected chi connectivity index (χ1v) is 7.29. The lowest BCUT2D eigenvalue weighted by Gasteiger charge is -2.14. The first kappa shape index (κ1) is 13.5. The fourth-order valence-electron chi connectivity index (χ4n) is 1.98. The van der Waals surface area contributed by atoms with Crippen LogP contribution >= 0.6 is 31.9 Å². The van der Waals surface area contributed by atoms with E-state index in [-0.39, 0.29) is 6.10 Å². The average Bonchev–Trinajstić information content (AvgIpc) is 2.70. The predicted octanol–water partition coefficient (Wildman–Crippen LogP) is 1.88. The Kier molecular flexibility index (Phi) is 4.99. The Morgan fingerprint density at radius 1 is 1.29 bits per heavy atom. The lowest BCUT2D eigenvalue weighted by molar-refractivity contribution is 0.146. The molecule has 0 saturated carbocycles. The Balaban J connectivity index is 1.79. The number of aliphatic hydroxyl groups excluding tert-OH is 1. The number of nitrogens with one attached hydrogen (secondary N) is 2. The summed E-state index contributed by atoms with van der Waals surface area (Å²) in [7, 11) is 0. The Labute approximate surface area is 118 Å². The van der Waals surface area contributed by atoms with Crippen molar-refractivity contribution >= 4 is 31.9 Å². The average molecular weight is 364 g/mol. The highest BCUT2D eigenvalue weighted by atomic mass is 79.9. The number of halogens is 2. The van der Waals surface area contributed by atoms with Crippen molar-refractivity contribution in [3.63, 3.8) is 0 Å². The summed E-state index contributed by atoms with van der Waals surface area (Å²) < 4.78 is 2.14. The highest BCUT2D eigenvalue weighted by Crippen LogP contribution is 2.23. The summed E-state index contributed by atoms with van der Waals surface area (Å²) in [6.07, 6.45) is -0.209. The molecule has 1 aliphatic heterocycles. The van der Waals surface area contributed by atoms with E-state index < -0.39 is 0 Å². The molecule has 0 amide bonds. The van der Waals surface area contributed by atoms with E-state index in [1.54, 1.807) is 0 Å². The molecule has 1 aliphatic rings. The van der Waals surface area contributed by atoms with Gasteiger partial charge >= 0.3 is 0 Å². The minimum Gasteiger partial charge on any atom is -0.391 e. The van der Waals surface area contributed by atoms with E-state index in [1.165, 1.54) is 5.56 Å². The second-order valence-electron chi connectivity index (χ2n) is 4.37. The monoisotopic (exact) mass is 362 g/mol. The number of hydrogen-bond acceptors (Lipinski definition) is 3. The lowest BCUT2D eigenvalue weighted by Crippen LogP contribution is -2.30. The zero-order valence-corrected chi connectivity index (χ0v) is 12.6. The molecule has 1 heterocycles. The van der Waals surface area contributed by atoms with E-state index in [9.17, 15) is 5.11 Å². The lowest BCUT2D eigenvalue weighted by atomic mass is 10.1. The van der Waals surface area contributed by atoms with E-state index >= 15 is 0 Å². The summed E-state index contributed by atoms with van der Waals surface area (Å²) >= 11 is 6.94. The summed E-state index contributed by atoms with van der Waals surface area (Å²) in [5, 5.41) is 16.2. The van der Waals surface area contributed by atoms with E-state index in [2.05, 4.69) is 54.6 Å². The minimum atomic E-state index is -0.209. The quantitative estimate of drug-likeness (QED) is 0.765. The molecule has 1 saturated heterocycles. The third-order valence-corrected chi connectivity index (χ3v) is 4.90. The SMILES string of the molecule is OC1CNCC1CNCc1ccc(Br)c(Br)c1. The molecule has 0 bridgehead atoms. The van der Waals surface area contributed by atoms with Gasteiger partial charge in [0.2, 0.25) is 0 Å². The number of aliphatic hydroxyl groups is 1. The zero-order chi connectivity index (χ0) is 12.3. The first-order valence-electron chi connectivity index (χ1n) is 5.70. The molecule has 0 aromatic heterocycles. The highest BCUT2D eigenvalue weighted by molar-refractivity contribution is 9.13. The molecular weight excluding hydrogens is 348 g/mol. The fourth-order valence-corrected chi connectivity index (χ4v) is 2.65. The molecule has 1 fully saturated rings. The molecule has 1 aromatic rings. The Bertz CT molecular complexity index is 387. The fraction of sp³-hybridized carbons (Fsp3) is 0.500. The molecule has 3 N–H and O–H groups in total. The Morgan fingerprint density at radius 3 is 2.76 bits per heavy atom. The normalized spacial score (nSPS) is 24.2. The maximum absolute atomic E-state index is 9.65. The van der Waals surface area contributed by atoms with Crippen LogP contribution in [0.25, 0.3) is 0 Å². The number of rotatable bonds is 4. The first-order chi connectivity index (χ1) is 8.16. The van der Waals surface area contributed by atoms with Crippen LogP contribution in [0.5, 0.6) is 0 Å². The number of β-amino-alcohol motifs (C(OH)–C–C–N with tert-alkyl or cyclic N) is 1. The van der Waals surface area contributed by atoms with Gasteiger partial charge in [-0.3, -0.25) is 0 Å². The van der Waals surface area contributed by atoms with Crippen LogP contribution in [0, 0.1) is 5.92 Å². The van der Waals surface area contributed by atoms with Gasteiger partial charge in [0.15, 0.2) is 0 Å². The van der Waals surface area contributed by atoms with Crippen LogP contribution in [-0.2, 0) is 6.54 Å². The molecule has 94 valence electrons. The molecule has 17 heavy (non-hydrogen) atoms. The summed E-state index contributed by atoms with van der Waals surface area (Å²) in [4.78, 5) is 0. The second-order valence-corrected chi connectivity index (χ2v) is 6.07. The standard InChI is InChI=1S/C12H16Br2N2O/c13-10-2-1-8(3-11(10)14)4-15-5-9-6-16-7-12(9)17/h1-3,9,12,15-17H,4-7H2. The van der Waals surface area contributed by atoms with Gasteiger partial charge in [-0.2, -0.15) is 0 Å². The van der Waals surface area contributed by atoms with Crippen molar-refractivity contribution in [3.05, 3.63) is 32.7 Å². The van der Waals surface area contributed by atoms with Crippen molar-refractivity contribution in [1.29, 1.82) is 0 Å². The van der Waals surface area contributed by atoms with E-state index in [0.717, 1.165) is 35.1 Å². The highest BCUT2D eigenvalue weighted by Gasteiger charge is 2.23. The van der Waals surface area contributed by atoms with Crippen LogP contribution in [0.15, 0.2) is 27.1 Å². The molecule has 0 radical (unpaired) electrons. The van der Waals surface area contributed by atoms with Crippen molar-refractivity contribution in [2.75, 3.05) is 19.6 Å². The summed E-state index contributed by atoms with van der Waals surface area (Å²) in [5.74, 6) is 0.328. The zero-order valence-electron chi connectivity index (χ0n) is 9.42. The molecule has 0 aliphatic carbocycles. The van der Waals surface area contributed by atoms with E-state index in [4.69, 9.17) is 0 Å². The number of hydrogen-bond donors (Lipinski definition) is 3. The molecule has 0 spiro atoms. The molecule has 5 heteroatoms. The minimum absolute atomic E-state index is 0.209. The molecule has 1 aromatic carbocycles. The van der Waals surface area contributed by atoms with Gasteiger partial charge in [0.25, 0.3) is 0 Å². The van der Waals surface area contributed by atoms with E-state index in [0.29, 0.717) is 5.92 Å². The van der Waals surface area contributed by atoms with Crippen molar-refractivity contribution in [2.45, 2.75) is 12.6 Å². The molecule has 3 nitrogen and oxygen atoms in total. The van der Waals surface area contributed by atoms with Crippen LogP contribution in [0.3, 0.4) is 0 Å². The van der Waals surface area contributed by atoms with Gasteiger partial charge in [0.05, 0.1) is 6.10 Å². The van der Waals surface area contributed by atoms with Gasteiger partial charge in [-0.15, -0.1) is 0 Å². The number of benzene rings is 1. The maximum Gasteiger partial charge on any atom is 0.0716 e. The van der Waals surface area contributed by atoms with Crippen molar-refractivity contribution < 1.29 is 5.11 Å². The Morgan fingerprint density at radius 2 is 2.12 bits per heavy atom. The Hall–Kier alpha value is 0.0600. The van der Waals surface area contributed by atoms with Crippen molar-refractivity contribution in [3.8, 4) is 0 Å². The summed E-state index contributed by atoms with van der Waals surface area (Å²) in [5.41, 5.74) is 1.24. The van der Waals surface area contributed by atoms with Crippen LogP contribution in [0.2, 0.25) is 0 Å². The largest absolute Gasteiger partial charge is 0.391 e. The molecule has 2 atom stereocenters. The van der Waals surface area contributed by atoms with Gasteiger partial charge in [-0.1, -0.05) is 6.07 Å². The van der Waals surface area contributed by atoms with Crippen LogP contribution in [-0.4, -0.2) is 30.8 Å². The van der Waals surface area contributed by atoms with Gasteiger partial charge in [0.1, 0.15) is 0 Å². The third-order valence-electron chi connectivity index (χ3n) is 3.02. The second kappa shape index (κ2) is 6.29. The van der Waals surface area contributed by atoms with Gasteiger partial charge in [-0.05, 0) is 49.6 Å². The topological polar surface area (TPSA) is 44.3 Å². The van der Waals surface area contributed by atoms with Crippen LogP contribution < -0.4 is 10.6 Å². The van der Waals surface area contributed by atoms with Gasteiger partial charge in [0, 0.05) is 41.0 Å². The summed E-state index contributed by atoms with van der Waals surface area (Å²) in [6.45, 7) is 3.30.